The molecule has 0 atom stereocenters. The van der Waals surface area contributed by atoms with Crippen molar-refractivity contribution in [3.05, 3.63) is 48.5 Å². The molecule has 2 aromatic rings. The van der Waals surface area contributed by atoms with Crippen LogP contribution in [0.25, 0.3) is 0 Å². The summed E-state index contributed by atoms with van der Waals surface area (Å²) in [6.45, 7) is 11.8. The number of hydrogen-bond donors (Lipinski definition) is 1. The predicted molar refractivity (Wildman–Crippen MR) is 110 cm³/mol. The number of ether oxygens (including phenoxy) is 2. The molecular weight excluding hydrogens is 323 g/mol. The molecular formula is C22H31BO3. The van der Waals surface area contributed by atoms with E-state index in [0.29, 0.717) is 0 Å². The minimum Gasteiger partial charge on any atom is -0.488 e. The van der Waals surface area contributed by atoms with Crippen LogP contribution in [0.15, 0.2) is 48.5 Å². The molecule has 0 unspecified atom stereocenters. The third-order valence-electron chi connectivity index (χ3n) is 4.88. The van der Waals surface area contributed by atoms with E-state index in [1.165, 1.54) is 0 Å². The molecule has 0 amide bonds. The highest BCUT2D eigenvalue weighted by Gasteiger charge is 2.20. The molecule has 0 aliphatic rings. The van der Waals surface area contributed by atoms with Gasteiger partial charge in [0.2, 0.25) is 0 Å². The first-order chi connectivity index (χ1) is 12.2. The molecule has 0 aliphatic heterocycles. The van der Waals surface area contributed by atoms with Crippen molar-refractivity contribution in [3.63, 3.8) is 0 Å². The van der Waals surface area contributed by atoms with Crippen LogP contribution in [0.1, 0.15) is 54.4 Å². The molecule has 140 valence electrons. The molecule has 0 aliphatic carbocycles. The van der Waals surface area contributed by atoms with E-state index in [1.807, 2.05) is 48.5 Å². The van der Waals surface area contributed by atoms with Gasteiger partial charge in [0.1, 0.15) is 22.7 Å². The Morgan fingerprint density at radius 3 is 1.27 bits per heavy atom. The minimum atomic E-state index is -0.670. The van der Waals surface area contributed by atoms with Crippen LogP contribution in [-0.2, 0) is 0 Å². The minimum absolute atomic E-state index is 0.192. The Labute approximate surface area is 158 Å². The van der Waals surface area contributed by atoms with Gasteiger partial charge in [-0.25, -0.2) is 0 Å². The second kappa shape index (κ2) is 8.17. The van der Waals surface area contributed by atoms with Gasteiger partial charge in [-0.3, -0.25) is 0 Å². The van der Waals surface area contributed by atoms with Gasteiger partial charge in [0, 0.05) is 0 Å². The fourth-order valence-electron chi connectivity index (χ4n) is 2.41. The fourth-order valence-corrected chi connectivity index (χ4v) is 2.41. The summed E-state index contributed by atoms with van der Waals surface area (Å²) in [6, 6.07) is 15.3. The van der Waals surface area contributed by atoms with Crippen molar-refractivity contribution in [1.29, 1.82) is 0 Å². The summed E-state index contributed by atoms with van der Waals surface area (Å²) in [4.78, 5) is 0. The third-order valence-corrected chi connectivity index (χ3v) is 4.88. The van der Waals surface area contributed by atoms with E-state index in [4.69, 9.17) is 9.47 Å². The highest BCUT2D eigenvalue weighted by atomic mass is 16.5. The van der Waals surface area contributed by atoms with Gasteiger partial charge in [0.25, 0.3) is 0 Å². The molecule has 0 bridgehead atoms. The van der Waals surface area contributed by atoms with Gasteiger partial charge in [0.05, 0.1) is 0 Å². The summed E-state index contributed by atoms with van der Waals surface area (Å²) in [7, 11) is 0. The van der Waals surface area contributed by atoms with E-state index in [-0.39, 0.29) is 11.2 Å². The highest BCUT2D eigenvalue weighted by molar-refractivity contribution is 6.78. The van der Waals surface area contributed by atoms with E-state index >= 15 is 0 Å². The molecule has 0 spiro atoms. The van der Waals surface area contributed by atoms with Gasteiger partial charge >= 0.3 is 6.92 Å². The van der Waals surface area contributed by atoms with Gasteiger partial charge in [0.15, 0.2) is 0 Å². The SMILES string of the molecule is CCC(C)(C)Oc1ccc(B(O)c2ccc(OC(C)(C)CC)cc2)cc1. The lowest BCUT2D eigenvalue weighted by molar-refractivity contribution is 0.105. The first-order valence-corrected chi connectivity index (χ1v) is 9.42. The molecule has 4 heteroatoms. The largest absolute Gasteiger partial charge is 0.488 e. The van der Waals surface area contributed by atoms with E-state index < -0.39 is 6.92 Å². The maximum Gasteiger partial charge on any atom is 0.358 e. The van der Waals surface area contributed by atoms with E-state index in [0.717, 1.165) is 35.3 Å². The Morgan fingerprint density at radius 2 is 1.00 bits per heavy atom. The first kappa shape index (κ1) is 20.4. The average Bonchev–Trinajstić information content (AvgIpc) is 2.62. The van der Waals surface area contributed by atoms with Crippen molar-refractivity contribution in [2.24, 2.45) is 0 Å². The zero-order valence-electron chi connectivity index (χ0n) is 16.9. The van der Waals surface area contributed by atoms with Crippen LogP contribution in [-0.4, -0.2) is 23.1 Å². The van der Waals surface area contributed by atoms with Gasteiger partial charge in [-0.15, -0.1) is 0 Å². The lowest BCUT2D eigenvalue weighted by atomic mass is 9.56. The van der Waals surface area contributed by atoms with E-state index in [2.05, 4.69) is 41.5 Å². The maximum absolute atomic E-state index is 10.6. The molecule has 0 radical (unpaired) electrons. The summed E-state index contributed by atoms with van der Waals surface area (Å²) in [5.74, 6) is 1.64. The molecule has 0 aromatic heterocycles. The van der Waals surface area contributed by atoms with Gasteiger partial charge in [-0.05, 0) is 75.7 Å². The predicted octanol–water partition coefficient (Wildman–Crippen LogP) is 3.92. The van der Waals surface area contributed by atoms with Crippen molar-refractivity contribution < 1.29 is 14.5 Å². The molecule has 0 saturated heterocycles. The summed E-state index contributed by atoms with van der Waals surface area (Å²) < 4.78 is 11.9. The normalized spacial score (nSPS) is 12.0. The van der Waals surface area contributed by atoms with Crippen LogP contribution in [0.2, 0.25) is 0 Å². The molecule has 0 fully saturated rings. The molecule has 26 heavy (non-hydrogen) atoms. The number of rotatable bonds is 8. The summed E-state index contributed by atoms with van der Waals surface area (Å²) in [5.41, 5.74) is 1.30. The number of benzene rings is 2. The molecule has 1 N–H and O–H groups in total. The van der Waals surface area contributed by atoms with Crippen molar-refractivity contribution in [2.45, 2.75) is 65.6 Å². The van der Waals surface area contributed by atoms with Gasteiger partial charge in [-0.1, -0.05) is 38.1 Å². The Kier molecular flexibility index (Phi) is 6.41. The van der Waals surface area contributed by atoms with E-state index in [9.17, 15) is 5.02 Å². The Hall–Kier alpha value is -1.94. The molecule has 3 nitrogen and oxygen atoms in total. The van der Waals surface area contributed by atoms with Crippen molar-refractivity contribution >= 4 is 17.8 Å². The lowest BCUT2D eigenvalue weighted by Crippen LogP contribution is -2.42. The molecule has 0 heterocycles. The maximum atomic E-state index is 10.6. The summed E-state index contributed by atoms with van der Waals surface area (Å²) in [6.07, 6.45) is 1.86. The van der Waals surface area contributed by atoms with Crippen LogP contribution in [0.4, 0.5) is 0 Å². The monoisotopic (exact) mass is 354 g/mol. The van der Waals surface area contributed by atoms with Crippen molar-refractivity contribution in [3.8, 4) is 11.5 Å². The van der Waals surface area contributed by atoms with Crippen molar-refractivity contribution in [1.82, 2.24) is 0 Å². The zero-order valence-corrected chi connectivity index (χ0v) is 16.9. The average molecular weight is 354 g/mol. The molecule has 2 rings (SSSR count). The zero-order chi connectivity index (χ0) is 19.4. The third kappa shape index (κ3) is 5.53. The summed E-state index contributed by atoms with van der Waals surface area (Å²) in [5, 5.41) is 10.6. The first-order valence-electron chi connectivity index (χ1n) is 9.42. The quantitative estimate of drug-likeness (QED) is 0.731. The van der Waals surface area contributed by atoms with E-state index in [1.54, 1.807) is 0 Å². The highest BCUT2D eigenvalue weighted by Crippen LogP contribution is 2.21. The molecule has 0 saturated carbocycles. The van der Waals surface area contributed by atoms with Crippen LogP contribution in [0.3, 0.4) is 0 Å². The van der Waals surface area contributed by atoms with Crippen LogP contribution >= 0.6 is 0 Å². The fraction of sp³-hybridized carbons (Fsp3) is 0.455. The smallest absolute Gasteiger partial charge is 0.358 e. The van der Waals surface area contributed by atoms with Gasteiger partial charge in [-0.2, -0.15) is 0 Å². The Morgan fingerprint density at radius 1 is 0.692 bits per heavy atom. The van der Waals surface area contributed by atoms with Crippen LogP contribution in [0.5, 0.6) is 11.5 Å². The Bertz CT molecular complexity index is 629. The second-order valence-corrected chi connectivity index (χ2v) is 7.97. The topological polar surface area (TPSA) is 38.7 Å². The lowest BCUT2D eigenvalue weighted by Gasteiger charge is -2.25. The number of hydrogen-bond acceptors (Lipinski definition) is 3. The molecule has 2 aromatic carbocycles. The second-order valence-electron chi connectivity index (χ2n) is 7.97. The Balaban J connectivity index is 2.07. The standard InChI is InChI=1S/C22H31BO3/c1-7-21(3,4)25-19-13-9-17(10-14-19)23(24)18-11-15-20(16-12-18)26-22(5,6)8-2/h9-16,24H,7-8H2,1-6H3. The van der Waals surface area contributed by atoms with Crippen molar-refractivity contribution in [2.75, 3.05) is 0 Å². The van der Waals surface area contributed by atoms with Crippen LogP contribution in [0, 0.1) is 0 Å². The van der Waals surface area contributed by atoms with Gasteiger partial charge < -0.3 is 14.5 Å². The van der Waals surface area contributed by atoms with Crippen LogP contribution < -0.4 is 20.4 Å². The summed E-state index contributed by atoms with van der Waals surface area (Å²) >= 11 is 0.